The number of amides is 1. The first-order valence-electron chi connectivity index (χ1n) is 7.34. The molecule has 1 N–H and O–H groups in total. The lowest BCUT2D eigenvalue weighted by Crippen LogP contribution is -2.45. The number of esters is 1. The maximum absolute atomic E-state index is 13.7. The van der Waals surface area contributed by atoms with E-state index in [0.29, 0.717) is 4.88 Å². The third-order valence-corrected chi connectivity index (χ3v) is 4.60. The molecule has 0 aliphatic carbocycles. The lowest BCUT2D eigenvalue weighted by molar-refractivity contribution is -0.148. The predicted octanol–water partition coefficient (Wildman–Crippen LogP) is 4.04. The van der Waals surface area contributed by atoms with Gasteiger partial charge in [0.25, 0.3) is 5.91 Å². The van der Waals surface area contributed by atoms with Crippen molar-refractivity contribution in [3.8, 4) is 0 Å². The molecule has 1 atom stereocenters. The summed E-state index contributed by atoms with van der Waals surface area (Å²) < 4.78 is 18.9. The smallest absolute Gasteiger partial charge is 0.329 e. The molecule has 0 radical (unpaired) electrons. The van der Waals surface area contributed by atoms with Crippen LogP contribution < -0.4 is 5.32 Å². The SMILES string of the molecule is CC(C)[C@H](NC(=O)c1cccs1)C(=O)OCc1c(F)cccc1Cl. The van der Waals surface area contributed by atoms with Gasteiger partial charge in [-0.15, -0.1) is 11.3 Å². The summed E-state index contributed by atoms with van der Waals surface area (Å²) in [6.45, 7) is 3.29. The highest BCUT2D eigenvalue weighted by atomic mass is 35.5. The zero-order chi connectivity index (χ0) is 17.7. The molecule has 7 heteroatoms. The van der Waals surface area contributed by atoms with Crippen molar-refractivity contribution in [2.45, 2.75) is 26.5 Å². The van der Waals surface area contributed by atoms with Gasteiger partial charge in [0, 0.05) is 5.56 Å². The van der Waals surface area contributed by atoms with Crippen LogP contribution in [0, 0.1) is 11.7 Å². The Morgan fingerprint density at radius 3 is 2.62 bits per heavy atom. The van der Waals surface area contributed by atoms with Gasteiger partial charge in [-0.3, -0.25) is 4.79 Å². The number of ether oxygens (including phenoxy) is 1. The van der Waals surface area contributed by atoms with Gasteiger partial charge in [-0.2, -0.15) is 0 Å². The maximum Gasteiger partial charge on any atom is 0.329 e. The molecule has 128 valence electrons. The summed E-state index contributed by atoms with van der Waals surface area (Å²) in [4.78, 5) is 24.9. The van der Waals surface area contributed by atoms with Crippen molar-refractivity contribution in [2.24, 2.45) is 5.92 Å². The Morgan fingerprint density at radius 1 is 1.29 bits per heavy atom. The Kier molecular flexibility index (Phi) is 6.34. The molecule has 0 fully saturated rings. The summed E-state index contributed by atoms with van der Waals surface area (Å²) in [6, 6.07) is 6.83. The lowest BCUT2D eigenvalue weighted by Gasteiger charge is -2.20. The van der Waals surface area contributed by atoms with E-state index in [4.69, 9.17) is 16.3 Å². The Morgan fingerprint density at radius 2 is 2.04 bits per heavy atom. The molecule has 4 nitrogen and oxygen atoms in total. The number of hydrogen-bond donors (Lipinski definition) is 1. The van der Waals surface area contributed by atoms with E-state index < -0.39 is 17.8 Å². The minimum absolute atomic E-state index is 0.111. The van der Waals surface area contributed by atoms with Crippen LogP contribution in [0.25, 0.3) is 0 Å². The third-order valence-electron chi connectivity index (χ3n) is 3.37. The first-order valence-corrected chi connectivity index (χ1v) is 8.59. The van der Waals surface area contributed by atoms with Crippen molar-refractivity contribution < 1.29 is 18.7 Å². The highest BCUT2D eigenvalue weighted by Gasteiger charge is 2.27. The average molecular weight is 370 g/mol. The van der Waals surface area contributed by atoms with Gasteiger partial charge in [-0.25, -0.2) is 9.18 Å². The minimum atomic E-state index is -0.829. The molecule has 0 saturated heterocycles. The van der Waals surface area contributed by atoms with Crippen LogP contribution in [0.15, 0.2) is 35.7 Å². The van der Waals surface area contributed by atoms with Crippen LogP contribution in [0.2, 0.25) is 5.02 Å². The summed E-state index contributed by atoms with van der Waals surface area (Å²) in [5.41, 5.74) is 0.111. The van der Waals surface area contributed by atoms with Crippen LogP contribution in [0.1, 0.15) is 29.1 Å². The molecule has 24 heavy (non-hydrogen) atoms. The van der Waals surface area contributed by atoms with Crippen LogP contribution >= 0.6 is 22.9 Å². The van der Waals surface area contributed by atoms with Crippen LogP contribution in [0.4, 0.5) is 4.39 Å². The van der Waals surface area contributed by atoms with E-state index in [2.05, 4.69) is 5.32 Å². The largest absolute Gasteiger partial charge is 0.459 e. The summed E-state index contributed by atoms with van der Waals surface area (Å²) in [5, 5.41) is 4.62. The Hall–Kier alpha value is -1.92. The number of halogens is 2. The zero-order valence-electron chi connectivity index (χ0n) is 13.2. The monoisotopic (exact) mass is 369 g/mol. The Labute approximate surface area is 148 Å². The molecule has 0 aliphatic rings. The van der Waals surface area contributed by atoms with Crippen molar-refractivity contribution in [1.82, 2.24) is 5.32 Å². The average Bonchev–Trinajstić information content (AvgIpc) is 3.05. The van der Waals surface area contributed by atoms with Crippen molar-refractivity contribution in [3.05, 3.63) is 57.0 Å². The summed E-state index contributed by atoms with van der Waals surface area (Å²) in [6.07, 6.45) is 0. The molecule has 0 unspecified atom stereocenters. The number of thiophene rings is 1. The van der Waals surface area contributed by atoms with Crippen molar-refractivity contribution >= 4 is 34.8 Å². The van der Waals surface area contributed by atoms with E-state index in [0.717, 1.165) is 0 Å². The molecule has 1 heterocycles. The van der Waals surface area contributed by atoms with Gasteiger partial charge in [0.15, 0.2) is 0 Å². The van der Waals surface area contributed by atoms with Crippen LogP contribution in [0.5, 0.6) is 0 Å². The summed E-state index contributed by atoms with van der Waals surface area (Å²) in [5.74, 6) is -1.70. The normalized spacial score (nSPS) is 12.0. The van der Waals surface area contributed by atoms with Crippen molar-refractivity contribution in [2.75, 3.05) is 0 Å². The van der Waals surface area contributed by atoms with E-state index in [9.17, 15) is 14.0 Å². The molecule has 0 bridgehead atoms. The molecule has 1 aromatic carbocycles. The van der Waals surface area contributed by atoms with Gasteiger partial charge in [0.1, 0.15) is 18.5 Å². The first kappa shape index (κ1) is 18.4. The van der Waals surface area contributed by atoms with Gasteiger partial charge in [-0.1, -0.05) is 37.6 Å². The zero-order valence-corrected chi connectivity index (χ0v) is 14.8. The third kappa shape index (κ3) is 4.55. The van der Waals surface area contributed by atoms with Gasteiger partial charge in [-0.05, 0) is 29.5 Å². The van der Waals surface area contributed by atoms with Gasteiger partial charge in [0.2, 0.25) is 0 Å². The number of nitrogens with one attached hydrogen (secondary N) is 1. The molecule has 0 spiro atoms. The molecule has 0 saturated carbocycles. The minimum Gasteiger partial charge on any atom is -0.459 e. The van der Waals surface area contributed by atoms with Crippen molar-refractivity contribution in [3.63, 3.8) is 0 Å². The molecule has 2 rings (SSSR count). The van der Waals surface area contributed by atoms with E-state index in [1.807, 2.05) is 0 Å². The first-order chi connectivity index (χ1) is 11.4. The fourth-order valence-electron chi connectivity index (χ4n) is 2.02. The molecular weight excluding hydrogens is 353 g/mol. The van der Waals surface area contributed by atoms with E-state index in [-0.39, 0.29) is 29.0 Å². The summed E-state index contributed by atoms with van der Waals surface area (Å²) >= 11 is 7.19. The van der Waals surface area contributed by atoms with Crippen LogP contribution in [-0.4, -0.2) is 17.9 Å². The van der Waals surface area contributed by atoms with E-state index in [1.165, 1.54) is 29.5 Å². The number of carbonyl (C=O) groups is 2. The Bertz CT molecular complexity index is 698. The van der Waals surface area contributed by atoms with Gasteiger partial charge < -0.3 is 10.1 Å². The van der Waals surface area contributed by atoms with E-state index >= 15 is 0 Å². The van der Waals surface area contributed by atoms with Crippen LogP contribution in [0.3, 0.4) is 0 Å². The lowest BCUT2D eigenvalue weighted by atomic mass is 10.0. The summed E-state index contributed by atoms with van der Waals surface area (Å²) in [7, 11) is 0. The topological polar surface area (TPSA) is 55.4 Å². The highest BCUT2D eigenvalue weighted by Crippen LogP contribution is 2.20. The molecule has 1 amide bonds. The predicted molar refractivity (Wildman–Crippen MR) is 91.6 cm³/mol. The molecule has 0 aliphatic heterocycles. The number of rotatable bonds is 6. The second kappa shape index (κ2) is 8.26. The van der Waals surface area contributed by atoms with E-state index in [1.54, 1.807) is 31.4 Å². The standard InChI is InChI=1S/C17H17ClFNO3S/c1-10(2)15(20-16(21)14-7-4-8-24-14)17(22)23-9-11-12(18)5-3-6-13(11)19/h3-8,10,15H,9H2,1-2H3,(H,20,21)/t15-/m0/s1. The molecular formula is C17H17ClFNO3S. The van der Waals surface area contributed by atoms with Crippen molar-refractivity contribution in [1.29, 1.82) is 0 Å². The quantitative estimate of drug-likeness (QED) is 0.782. The maximum atomic E-state index is 13.7. The second-order valence-corrected chi connectivity index (χ2v) is 6.84. The number of carbonyl (C=O) groups excluding carboxylic acids is 2. The Balaban J connectivity index is 2.03. The second-order valence-electron chi connectivity index (χ2n) is 5.48. The highest BCUT2D eigenvalue weighted by molar-refractivity contribution is 7.12. The van der Waals surface area contributed by atoms with Crippen LogP contribution in [-0.2, 0) is 16.1 Å². The molecule has 1 aromatic heterocycles. The van der Waals surface area contributed by atoms with Gasteiger partial charge >= 0.3 is 5.97 Å². The fraction of sp³-hybridized carbons (Fsp3) is 0.294. The molecule has 2 aromatic rings. The number of benzene rings is 1. The van der Waals surface area contributed by atoms with Gasteiger partial charge in [0.05, 0.1) is 9.90 Å². The fourth-order valence-corrected chi connectivity index (χ4v) is 2.87. The number of hydrogen-bond acceptors (Lipinski definition) is 4.